The lowest BCUT2D eigenvalue weighted by atomic mass is 10.1. The number of aliphatic carboxylic acids is 1. The fourth-order valence-electron chi connectivity index (χ4n) is 2.79. The molecule has 1 N–H and O–H groups in total. The van der Waals surface area contributed by atoms with Crippen molar-refractivity contribution in [2.24, 2.45) is 0 Å². The minimum atomic E-state index is -1.00. The summed E-state index contributed by atoms with van der Waals surface area (Å²) in [6.07, 6.45) is 0.0194. The topological polar surface area (TPSA) is 110 Å². The number of nitro groups is 1. The lowest BCUT2D eigenvalue weighted by Gasteiger charge is -2.23. The van der Waals surface area contributed by atoms with E-state index in [9.17, 15) is 19.7 Å². The number of carboxylic acid groups (broad SMARTS) is 1. The van der Waals surface area contributed by atoms with Gasteiger partial charge >= 0.3 is 5.97 Å². The molecule has 2 unspecified atom stereocenters. The lowest BCUT2D eigenvalue weighted by Crippen LogP contribution is -2.37. The summed E-state index contributed by atoms with van der Waals surface area (Å²) in [6, 6.07) is 3.78. The van der Waals surface area contributed by atoms with Gasteiger partial charge in [-0.15, -0.1) is 0 Å². The van der Waals surface area contributed by atoms with Crippen LogP contribution in [0.1, 0.15) is 28.8 Å². The van der Waals surface area contributed by atoms with Crippen LogP contribution in [0.25, 0.3) is 0 Å². The summed E-state index contributed by atoms with van der Waals surface area (Å²) in [5.41, 5.74) is 0.507. The molecule has 124 valence electrons. The van der Waals surface area contributed by atoms with Crippen molar-refractivity contribution in [3.8, 4) is 0 Å². The van der Waals surface area contributed by atoms with Crippen LogP contribution in [0.3, 0.4) is 0 Å². The minimum absolute atomic E-state index is 0.131. The second kappa shape index (κ2) is 6.74. The highest BCUT2D eigenvalue weighted by atomic mass is 16.6. The van der Waals surface area contributed by atoms with Crippen LogP contribution in [-0.2, 0) is 9.53 Å². The number of ether oxygens (including phenoxy) is 1. The standard InChI is InChI=1S/C15H18N2O6/c1-9-3-4-10(5-13(9)17(21)22)15(20)16-8-12(23-2)6-11(16)7-14(18)19/h3-5,11-12H,6-8H2,1-2H3,(H,18,19). The number of nitrogens with zero attached hydrogens (tertiary/aromatic N) is 2. The number of carbonyl (C=O) groups excluding carboxylic acids is 1. The molecular weight excluding hydrogens is 304 g/mol. The maximum atomic E-state index is 12.6. The van der Waals surface area contributed by atoms with E-state index >= 15 is 0 Å². The smallest absolute Gasteiger partial charge is 0.305 e. The molecule has 8 heteroatoms. The van der Waals surface area contributed by atoms with Crippen molar-refractivity contribution in [2.75, 3.05) is 13.7 Å². The van der Waals surface area contributed by atoms with Gasteiger partial charge in [0.2, 0.25) is 0 Å². The van der Waals surface area contributed by atoms with Gasteiger partial charge in [-0.1, -0.05) is 6.07 Å². The molecule has 1 aliphatic heterocycles. The quantitative estimate of drug-likeness (QED) is 0.651. The average Bonchev–Trinajstić information content (AvgIpc) is 2.89. The lowest BCUT2D eigenvalue weighted by molar-refractivity contribution is -0.385. The number of hydrogen-bond acceptors (Lipinski definition) is 5. The van der Waals surface area contributed by atoms with E-state index < -0.39 is 22.8 Å². The maximum absolute atomic E-state index is 12.6. The van der Waals surface area contributed by atoms with Crippen LogP contribution < -0.4 is 0 Å². The van der Waals surface area contributed by atoms with E-state index in [-0.39, 0.29) is 30.3 Å². The predicted molar refractivity (Wildman–Crippen MR) is 80.3 cm³/mol. The molecule has 0 radical (unpaired) electrons. The second-order valence-electron chi connectivity index (χ2n) is 5.56. The molecule has 1 amide bonds. The van der Waals surface area contributed by atoms with Crippen LogP contribution in [0, 0.1) is 17.0 Å². The van der Waals surface area contributed by atoms with Gasteiger partial charge in [0.25, 0.3) is 11.6 Å². The molecule has 0 aliphatic carbocycles. The second-order valence-corrected chi connectivity index (χ2v) is 5.56. The zero-order valence-electron chi connectivity index (χ0n) is 12.9. The van der Waals surface area contributed by atoms with Crippen LogP contribution in [-0.4, -0.2) is 52.6 Å². The molecule has 0 bridgehead atoms. The molecule has 0 saturated carbocycles. The molecule has 1 aromatic rings. The summed E-state index contributed by atoms with van der Waals surface area (Å²) in [7, 11) is 1.51. The molecule has 23 heavy (non-hydrogen) atoms. The number of methoxy groups -OCH3 is 1. The van der Waals surface area contributed by atoms with Gasteiger partial charge < -0.3 is 14.7 Å². The minimum Gasteiger partial charge on any atom is -0.481 e. The zero-order valence-corrected chi connectivity index (χ0v) is 12.9. The van der Waals surface area contributed by atoms with E-state index in [1.54, 1.807) is 6.92 Å². The molecular formula is C15H18N2O6. The number of nitro benzene ring substituents is 1. The van der Waals surface area contributed by atoms with Crippen molar-refractivity contribution in [3.05, 3.63) is 39.4 Å². The first-order valence-electron chi connectivity index (χ1n) is 7.14. The summed E-state index contributed by atoms with van der Waals surface area (Å²) < 4.78 is 5.23. The van der Waals surface area contributed by atoms with Gasteiger partial charge in [0.1, 0.15) is 0 Å². The van der Waals surface area contributed by atoms with Gasteiger partial charge in [-0.25, -0.2) is 0 Å². The fraction of sp³-hybridized carbons (Fsp3) is 0.467. The normalized spacial score (nSPS) is 20.5. The Bertz CT molecular complexity index is 645. The Kier molecular flexibility index (Phi) is 4.95. The SMILES string of the molecule is COC1CC(CC(=O)O)N(C(=O)c2ccc(C)c([N+](=O)[O-])c2)C1. The van der Waals surface area contributed by atoms with Crippen LogP contribution in [0.4, 0.5) is 5.69 Å². The van der Waals surface area contributed by atoms with Crippen LogP contribution in [0.15, 0.2) is 18.2 Å². The summed E-state index contributed by atoms with van der Waals surface area (Å²) in [5.74, 6) is -1.42. The van der Waals surface area contributed by atoms with E-state index in [1.807, 2.05) is 0 Å². The van der Waals surface area contributed by atoms with Gasteiger partial charge in [0.15, 0.2) is 0 Å². The summed E-state index contributed by atoms with van der Waals surface area (Å²) in [6.45, 7) is 1.87. The van der Waals surface area contributed by atoms with E-state index in [0.717, 1.165) is 0 Å². The number of benzene rings is 1. The molecule has 1 fully saturated rings. The van der Waals surface area contributed by atoms with E-state index in [4.69, 9.17) is 9.84 Å². The molecule has 1 heterocycles. The Balaban J connectivity index is 2.28. The number of rotatable bonds is 5. The van der Waals surface area contributed by atoms with Crippen LogP contribution in [0.5, 0.6) is 0 Å². The van der Waals surface area contributed by atoms with E-state index in [2.05, 4.69) is 0 Å². The summed E-state index contributed by atoms with van der Waals surface area (Å²) in [5, 5.41) is 20.0. The van der Waals surface area contributed by atoms with Crippen molar-refractivity contribution in [2.45, 2.75) is 31.9 Å². The Morgan fingerprint density at radius 2 is 2.17 bits per heavy atom. The fourth-order valence-corrected chi connectivity index (χ4v) is 2.79. The van der Waals surface area contributed by atoms with Gasteiger partial charge in [0, 0.05) is 36.9 Å². The Morgan fingerprint density at radius 3 is 2.74 bits per heavy atom. The molecule has 2 atom stereocenters. The third-order valence-corrected chi connectivity index (χ3v) is 4.03. The number of likely N-dealkylation sites (tertiary alicyclic amines) is 1. The third kappa shape index (κ3) is 3.65. The van der Waals surface area contributed by atoms with Gasteiger partial charge in [-0.2, -0.15) is 0 Å². The van der Waals surface area contributed by atoms with Gasteiger partial charge in [0.05, 0.1) is 17.4 Å². The molecule has 1 saturated heterocycles. The number of carbonyl (C=O) groups is 2. The van der Waals surface area contributed by atoms with Crippen molar-refractivity contribution >= 4 is 17.6 Å². The van der Waals surface area contributed by atoms with Crippen molar-refractivity contribution < 1.29 is 24.4 Å². The first-order chi connectivity index (χ1) is 10.8. The Morgan fingerprint density at radius 1 is 1.48 bits per heavy atom. The summed E-state index contributed by atoms with van der Waals surface area (Å²) >= 11 is 0. The first-order valence-corrected chi connectivity index (χ1v) is 7.14. The summed E-state index contributed by atoms with van der Waals surface area (Å²) in [4.78, 5) is 35.5. The highest BCUT2D eigenvalue weighted by molar-refractivity contribution is 5.95. The highest BCUT2D eigenvalue weighted by Crippen LogP contribution is 2.26. The first kappa shape index (κ1) is 16.9. The molecule has 8 nitrogen and oxygen atoms in total. The van der Waals surface area contributed by atoms with Crippen LogP contribution in [0.2, 0.25) is 0 Å². The van der Waals surface area contributed by atoms with E-state index in [0.29, 0.717) is 12.0 Å². The monoisotopic (exact) mass is 322 g/mol. The molecule has 0 aromatic heterocycles. The average molecular weight is 322 g/mol. The molecule has 2 rings (SSSR count). The van der Waals surface area contributed by atoms with Gasteiger partial charge in [-0.05, 0) is 19.4 Å². The number of aryl methyl sites for hydroxylation is 1. The number of hydrogen-bond donors (Lipinski definition) is 1. The van der Waals surface area contributed by atoms with Gasteiger partial charge in [-0.3, -0.25) is 19.7 Å². The number of carboxylic acids is 1. The van der Waals surface area contributed by atoms with Crippen molar-refractivity contribution in [1.29, 1.82) is 0 Å². The maximum Gasteiger partial charge on any atom is 0.305 e. The molecule has 1 aromatic carbocycles. The third-order valence-electron chi connectivity index (χ3n) is 4.03. The number of amides is 1. The largest absolute Gasteiger partial charge is 0.481 e. The van der Waals surface area contributed by atoms with Crippen LogP contribution >= 0.6 is 0 Å². The predicted octanol–water partition coefficient (Wildman–Crippen LogP) is 1.61. The highest BCUT2D eigenvalue weighted by Gasteiger charge is 2.37. The van der Waals surface area contributed by atoms with E-state index in [1.165, 1.54) is 30.2 Å². The molecule has 0 spiro atoms. The molecule has 1 aliphatic rings. The Hall–Kier alpha value is -2.48. The van der Waals surface area contributed by atoms with Crippen molar-refractivity contribution in [3.63, 3.8) is 0 Å². The zero-order chi connectivity index (χ0) is 17.1. The Labute approximate surface area is 132 Å². The van der Waals surface area contributed by atoms with Crippen molar-refractivity contribution in [1.82, 2.24) is 4.90 Å².